The molecule has 0 saturated carbocycles. The second-order valence-electron chi connectivity index (χ2n) is 3.53. The Morgan fingerprint density at radius 1 is 1.31 bits per heavy atom. The summed E-state index contributed by atoms with van der Waals surface area (Å²) in [4.78, 5) is 4.48. The molecular weight excluding hydrogens is 211 g/mol. The van der Waals surface area contributed by atoms with Crippen LogP contribution in [0.25, 0.3) is 0 Å². The molecule has 2 nitrogen and oxygen atoms in total. The van der Waals surface area contributed by atoms with Crippen LogP contribution < -0.4 is 29.6 Å². The number of rotatable bonds is 0. The van der Waals surface area contributed by atoms with Crippen LogP contribution in [0.3, 0.4) is 0 Å². The van der Waals surface area contributed by atoms with Gasteiger partial charge in [0.15, 0.2) is 0 Å². The summed E-state index contributed by atoms with van der Waals surface area (Å²) >= 11 is 9.96. The van der Waals surface area contributed by atoms with Gasteiger partial charge in [0.1, 0.15) is 0 Å². The average Bonchev–Trinajstić information content (AvgIpc) is 1.99. The van der Waals surface area contributed by atoms with Crippen LogP contribution in [-0.2, 0) is 12.6 Å². The molecule has 5 heteroatoms. The number of hydrogen-bond acceptors (Lipinski definition) is 3. The van der Waals surface area contributed by atoms with Gasteiger partial charge in [0.05, 0.1) is 0 Å². The van der Waals surface area contributed by atoms with Crippen molar-refractivity contribution < 1.29 is 29.6 Å². The van der Waals surface area contributed by atoms with Crippen molar-refractivity contribution in [3.63, 3.8) is 0 Å². The molecule has 0 radical (unpaired) electrons. The fourth-order valence-corrected chi connectivity index (χ4v) is 1.85. The Kier molecular flexibility index (Phi) is 6.31. The monoisotopic (exact) mass is 226 g/mol. The van der Waals surface area contributed by atoms with Crippen molar-refractivity contribution in [1.82, 2.24) is 9.80 Å². The van der Waals surface area contributed by atoms with Crippen molar-refractivity contribution in [3.8, 4) is 0 Å². The molecule has 1 heterocycles. The predicted molar refractivity (Wildman–Crippen MR) is 58.2 cm³/mol. The molecule has 1 saturated heterocycles. The molecule has 1 aliphatic heterocycles. The van der Waals surface area contributed by atoms with Gasteiger partial charge in [0, 0.05) is 25.2 Å². The maximum Gasteiger partial charge on any atom is 1.00 e. The smallest absolute Gasteiger partial charge is 0.411 e. The van der Waals surface area contributed by atoms with Crippen molar-refractivity contribution >= 4 is 29.2 Å². The van der Waals surface area contributed by atoms with E-state index in [0.717, 1.165) is 13.1 Å². The largest absolute Gasteiger partial charge is 1.00 e. The summed E-state index contributed by atoms with van der Waals surface area (Å²) in [5.74, 6) is 0. The average molecular weight is 226 g/mol. The Morgan fingerprint density at radius 2 is 1.69 bits per heavy atom. The Bertz CT molecular complexity index is 177. The number of piperazine rings is 1. The van der Waals surface area contributed by atoms with E-state index in [1.165, 1.54) is 0 Å². The summed E-state index contributed by atoms with van der Waals surface area (Å²) in [5.41, 5.74) is 0. The molecule has 13 heavy (non-hydrogen) atoms. The molecular formula is C8H15N2NaS2. The van der Waals surface area contributed by atoms with Crippen LogP contribution in [0.4, 0.5) is 0 Å². The van der Waals surface area contributed by atoms with Crippen LogP contribution in [-0.4, -0.2) is 46.3 Å². The van der Waals surface area contributed by atoms with Crippen LogP contribution in [0.2, 0.25) is 0 Å². The fraction of sp³-hybridized carbons (Fsp3) is 0.875. The molecule has 2 atom stereocenters. The second-order valence-corrected chi connectivity index (χ2v) is 4.57. The first-order chi connectivity index (χ1) is 5.52. The molecule has 2 unspecified atom stereocenters. The van der Waals surface area contributed by atoms with E-state index in [1.54, 1.807) is 0 Å². The molecule has 1 rings (SSSR count). The number of likely N-dealkylation sites (N-methyl/N-ethyl adjacent to an activating group) is 1. The molecule has 0 aromatic carbocycles. The molecule has 0 aromatic rings. The fourth-order valence-electron chi connectivity index (χ4n) is 1.55. The van der Waals surface area contributed by atoms with Crippen molar-refractivity contribution in [1.29, 1.82) is 0 Å². The van der Waals surface area contributed by atoms with E-state index in [-0.39, 0.29) is 29.6 Å². The topological polar surface area (TPSA) is 6.48 Å². The first-order valence-corrected chi connectivity index (χ1v) is 5.02. The zero-order valence-corrected chi connectivity index (χ0v) is 12.4. The van der Waals surface area contributed by atoms with E-state index in [9.17, 15) is 0 Å². The van der Waals surface area contributed by atoms with Crippen LogP contribution in [0, 0.1) is 0 Å². The van der Waals surface area contributed by atoms with Gasteiger partial charge < -0.3 is 29.7 Å². The molecule has 1 aliphatic rings. The zero-order chi connectivity index (χ0) is 9.30. The summed E-state index contributed by atoms with van der Waals surface area (Å²) in [7, 11) is 2.15. The molecule has 1 fully saturated rings. The van der Waals surface area contributed by atoms with Gasteiger partial charge in [-0.1, -0.05) is 4.32 Å². The number of thiocarbonyl (C=S) groups is 1. The molecule has 0 aromatic heterocycles. The van der Waals surface area contributed by atoms with Gasteiger partial charge in [-0.15, -0.1) is 0 Å². The minimum absolute atomic E-state index is 0. The number of nitrogens with zero attached hydrogens (tertiary/aromatic N) is 2. The van der Waals surface area contributed by atoms with E-state index >= 15 is 0 Å². The van der Waals surface area contributed by atoms with Gasteiger partial charge in [0.25, 0.3) is 0 Å². The maximum absolute atomic E-state index is 4.98. The van der Waals surface area contributed by atoms with Gasteiger partial charge in [-0.3, -0.25) is 4.90 Å². The molecule has 0 amide bonds. The Labute approximate surface area is 114 Å². The van der Waals surface area contributed by atoms with Crippen molar-refractivity contribution in [2.45, 2.75) is 25.9 Å². The molecule has 0 spiro atoms. The first kappa shape index (κ1) is 14.1. The summed E-state index contributed by atoms with van der Waals surface area (Å²) in [5, 5.41) is 0. The SMILES string of the molecule is CC1CN(C(=S)[S-])CC(C)N1C.[Na+]. The van der Waals surface area contributed by atoms with Gasteiger partial charge in [-0.05, 0) is 20.9 Å². The quantitative estimate of drug-likeness (QED) is 0.264. The summed E-state index contributed by atoms with van der Waals surface area (Å²) in [6, 6.07) is 1.10. The van der Waals surface area contributed by atoms with Crippen molar-refractivity contribution in [3.05, 3.63) is 0 Å². The van der Waals surface area contributed by atoms with Crippen molar-refractivity contribution in [2.24, 2.45) is 0 Å². The van der Waals surface area contributed by atoms with Gasteiger partial charge in [-0.25, -0.2) is 0 Å². The zero-order valence-electron chi connectivity index (χ0n) is 8.78. The molecule has 0 bridgehead atoms. The van der Waals surface area contributed by atoms with Crippen molar-refractivity contribution in [2.75, 3.05) is 20.1 Å². The molecule has 0 aliphatic carbocycles. The molecule has 70 valence electrons. The van der Waals surface area contributed by atoms with E-state index in [1.807, 2.05) is 0 Å². The van der Waals surface area contributed by atoms with Gasteiger partial charge in [0.2, 0.25) is 0 Å². The predicted octanol–water partition coefficient (Wildman–Crippen LogP) is -2.15. The van der Waals surface area contributed by atoms with E-state index < -0.39 is 0 Å². The first-order valence-electron chi connectivity index (χ1n) is 4.20. The third-order valence-electron chi connectivity index (χ3n) is 2.62. The summed E-state index contributed by atoms with van der Waals surface area (Å²) < 4.78 is 0.613. The standard InChI is InChI=1S/C8H16N2S2.Na/c1-6-4-10(8(11)12)5-7(2)9(6)3;/h6-7H,4-5H2,1-3H3,(H,11,12);/q;+1/p-1. The summed E-state index contributed by atoms with van der Waals surface area (Å²) in [6.07, 6.45) is 0. The minimum atomic E-state index is 0. The van der Waals surface area contributed by atoms with Crippen LogP contribution in [0.5, 0.6) is 0 Å². The van der Waals surface area contributed by atoms with Gasteiger partial charge >= 0.3 is 29.6 Å². The Morgan fingerprint density at radius 3 is 2.00 bits per heavy atom. The summed E-state index contributed by atoms with van der Waals surface area (Å²) in [6.45, 7) is 6.36. The number of hydrogen-bond donors (Lipinski definition) is 0. The third kappa shape index (κ3) is 3.61. The Balaban J connectivity index is 0.00000144. The van der Waals surface area contributed by atoms with E-state index in [0.29, 0.717) is 16.4 Å². The van der Waals surface area contributed by atoms with E-state index in [4.69, 9.17) is 24.8 Å². The minimum Gasteiger partial charge on any atom is -0.411 e. The normalized spacial score (nSPS) is 29.6. The van der Waals surface area contributed by atoms with E-state index in [2.05, 4.69) is 30.7 Å². The van der Waals surface area contributed by atoms with Gasteiger partial charge in [-0.2, -0.15) is 0 Å². The Hall–Kier alpha value is 1.07. The van der Waals surface area contributed by atoms with Crippen LogP contribution >= 0.6 is 12.2 Å². The second kappa shape index (κ2) is 5.83. The molecule has 0 N–H and O–H groups in total. The third-order valence-corrected chi connectivity index (χ3v) is 3.13. The van der Waals surface area contributed by atoms with Crippen LogP contribution in [0.1, 0.15) is 13.8 Å². The van der Waals surface area contributed by atoms with Crippen LogP contribution in [0.15, 0.2) is 0 Å². The maximum atomic E-state index is 4.98.